The van der Waals surface area contributed by atoms with E-state index in [2.05, 4.69) is 26.0 Å². The third-order valence-corrected chi connectivity index (χ3v) is 8.08. The third kappa shape index (κ3) is 2.33. The lowest BCUT2D eigenvalue weighted by molar-refractivity contribution is -0.110. The van der Waals surface area contributed by atoms with Crippen molar-refractivity contribution in [3.05, 3.63) is 69.8 Å². The molecule has 4 aliphatic rings. The van der Waals surface area contributed by atoms with E-state index < -0.39 is 6.10 Å². The highest BCUT2D eigenvalue weighted by atomic mass is 16.4. The fraction of sp³-hybridized carbons (Fsp3) is 0.500. The highest BCUT2D eigenvalue weighted by Gasteiger charge is 2.57. The molecule has 4 aliphatic carbocycles. The van der Waals surface area contributed by atoms with Gasteiger partial charge in [0.2, 0.25) is 0 Å². The minimum atomic E-state index is -0.570. The second-order valence-corrected chi connectivity index (χ2v) is 9.37. The van der Waals surface area contributed by atoms with E-state index in [9.17, 15) is 14.7 Å². The standard InChI is InChI=1S/C24H26O4/c1-23-9-7-16(25)11-15(23)4-5-17-18(23)8-10-24(2)19(17)12-20(26)22(24)14-3-6-21(27)28-13-14/h3,6-7,9,11-13,17-18,20,22,26H,4-5,8,10H2,1-2H3/t17-,18+,20+,22+,23+,24+/m1/s1. The molecule has 1 N–H and O–H groups in total. The third-order valence-electron chi connectivity index (χ3n) is 8.08. The molecule has 0 amide bonds. The average molecular weight is 378 g/mol. The van der Waals surface area contributed by atoms with Gasteiger partial charge in [0.25, 0.3) is 0 Å². The molecule has 0 aromatic carbocycles. The lowest BCUT2D eigenvalue weighted by atomic mass is 9.49. The van der Waals surface area contributed by atoms with Crippen LogP contribution in [-0.4, -0.2) is 17.0 Å². The number of allylic oxidation sites excluding steroid dienone is 5. The average Bonchev–Trinajstić information content (AvgIpc) is 2.93. The summed E-state index contributed by atoms with van der Waals surface area (Å²) in [6.07, 6.45) is 12.7. The van der Waals surface area contributed by atoms with Gasteiger partial charge in [-0.2, -0.15) is 0 Å². The summed E-state index contributed by atoms with van der Waals surface area (Å²) < 4.78 is 5.11. The van der Waals surface area contributed by atoms with Crippen LogP contribution in [0, 0.1) is 22.7 Å². The van der Waals surface area contributed by atoms with Crippen LogP contribution in [0.2, 0.25) is 0 Å². The molecule has 0 spiro atoms. The molecule has 146 valence electrons. The minimum absolute atomic E-state index is 0.0679. The summed E-state index contributed by atoms with van der Waals surface area (Å²) in [5.74, 6) is 0.888. The van der Waals surface area contributed by atoms with Crippen molar-refractivity contribution >= 4 is 5.78 Å². The van der Waals surface area contributed by atoms with Crippen LogP contribution in [0.1, 0.15) is 51.0 Å². The maximum absolute atomic E-state index is 11.9. The van der Waals surface area contributed by atoms with Gasteiger partial charge in [-0.3, -0.25) is 4.79 Å². The molecule has 1 aromatic heterocycles. The summed E-state index contributed by atoms with van der Waals surface area (Å²) in [6, 6.07) is 3.24. The van der Waals surface area contributed by atoms with Crippen molar-refractivity contribution in [2.45, 2.75) is 51.6 Å². The van der Waals surface area contributed by atoms with Crippen LogP contribution in [0.15, 0.2) is 63.1 Å². The van der Waals surface area contributed by atoms with Crippen molar-refractivity contribution in [1.82, 2.24) is 0 Å². The number of aliphatic hydroxyl groups is 1. The Morgan fingerprint density at radius 2 is 2.00 bits per heavy atom. The molecule has 0 bridgehead atoms. The normalized spacial score (nSPS) is 41.6. The molecule has 6 atom stereocenters. The molecule has 5 rings (SSSR count). The number of ketones is 1. The van der Waals surface area contributed by atoms with Gasteiger partial charge in [-0.1, -0.05) is 37.1 Å². The Balaban J connectivity index is 1.53. The second kappa shape index (κ2) is 5.90. The molecule has 0 unspecified atom stereocenters. The van der Waals surface area contributed by atoms with E-state index in [0.717, 1.165) is 31.2 Å². The van der Waals surface area contributed by atoms with Crippen molar-refractivity contribution in [3.8, 4) is 0 Å². The van der Waals surface area contributed by atoms with E-state index in [1.54, 1.807) is 12.1 Å². The Kier molecular flexibility index (Phi) is 3.76. The Bertz CT molecular complexity index is 976. The fourth-order valence-corrected chi connectivity index (χ4v) is 6.68. The van der Waals surface area contributed by atoms with Gasteiger partial charge in [0.05, 0.1) is 12.4 Å². The molecule has 1 aromatic rings. The molecular weight excluding hydrogens is 352 g/mol. The van der Waals surface area contributed by atoms with Crippen molar-refractivity contribution in [2.75, 3.05) is 0 Å². The molecule has 0 saturated heterocycles. The molecule has 4 heteroatoms. The van der Waals surface area contributed by atoms with Crippen molar-refractivity contribution < 1.29 is 14.3 Å². The van der Waals surface area contributed by atoms with E-state index in [1.165, 1.54) is 23.5 Å². The maximum Gasteiger partial charge on any atom is 0.335 e. The zero-order valence-electron chi connectivity index (χ0n) is 16.4. The molecule has 2 fully saturated rings. The monoisotopic (exact) mass is 378 g/mol. The Hall–Kier alpha value is -2.20. The SMILES string of the molecule is C[C@]12C=CC(=O)C=C1CC[C@H]1C3=C[C@H](O)[C@H](c4ccc(=O)oc4)[C@@]3(C)CC[C@@H]12. The fourth-order valence-electron chi connectivity index (χ4n) is 6.68. The predicted octanol–water partition coefficient (Wildman–Crippen LogP) is 3.92. The Morgan fingerprint density at radius 1 is 1.18 bits per heavy atom. The molecule has 28 heavy (non-hydrogen) atoms. The first kappa shape index (κ1) is 17.9. The van der Waals surface area contributed by atoms with Crippen LogP contribution in [0.5, 0.6) is 0 Å². The van der Waals surface area contributed by atoms with Gasteiger partial charge in [0, 0.05) is 17.4 Å². The zero-order valence-corrected chi connectivity index (χ0v) is 16.4. The van der Waals surface area contributed by atoms with E-state index in [4.69, 9.17) is 4.42 Å². The summed E-state index contributed by atoms with van der Waals surface area (Å²) in [5, 5.41) is 11.0. The van der Waals surface area contributed by atoms with Crippen LogP contribution < -0.4 is 5.63 Å². The molecule has 0 aliphatic heterocycles. The number of fused-ring (bicyclic) bond motifs is 5. The number of carbonyl (C=O) groups excluding carboxylic acids is 1. The van der Waals surface area contributed by atoms with Crippen molar-refractivity contribution in [3.63, 3.8) is 0 Å². The lowest BCUT2D eigenvalue weighted by Crippen LogP contribution is -2.46. The number of aliphatic hydroxyl groups excluding tert-OH is 1. The lowest BCUT2D eigenvalue weighted by Gasteiger charge is -2.55. The summed E-state index contributed by atoms with van der Waals surface area (Å²) in [7, 11) is 0. The summed E-state index contributed by atoms with van der Waals surface area (Å²) in [6.45, 7) is 4.53. The maximum atomic E-state index is 11.9. The van der Waals surface area contributed by atoms with Gasteiger partial charge in [-0.05, 0) is 66.7 Å². The summed E-state index contributed by atoms with van der Waals surface area (Å²) in [4.78, 5) is 23.3. The molecular formula is C24H26O4. The van der Waals surface area contributed by atoms with E-state index in [1.807, 2.05) is 6.08 Å². The second-order valence-electron chi connectivity index (χ2n) is 9.37. The van der Waals surface area contributed by atoms with Gasteiger partial charge >= 0.3 is 5.63 Å². The van der Waals surface area contributed by atoms with Gasteiger partial charge < -0.3 is 9.52 Å². The topological polar surface area (TPSA) is 67.5 Å². The van der Waals surface area contributed by atoms with E-state index >= 15 is 0 Å². The highest BCUT2D eigenvalue weighted by molar-refractivity contribution is 6.01. The van der Waals surface area contributed by atoms with Gasteiger partial charge in [0.15, 0.2) is 5.78 Å². The van der Waals surface area contributed by atoms with Gasteiger partial charge in [-0.25, -0.2) is 4.79 Å². The summed E-state index contributed by atoms with van der Waals surface area (Å²) >= 11 is 0. The van der Waals surface area contributed by atoms with E-state index in [0.29, 0.717) is 11.8 Å². The first-order chi connectivity index (χ1) is 13.3. The first-order valence-corrected chi connectivity index (χ1v) is 10.3. The number of hydrogen-bond donors (Lipinski definition) is 1. The molecule has 1 heterocycles. The largest absolute Gasteiger partial charge is 0.431 e. The van der Waals surface area contributed by atoms with Crippen LogP contribution in [0.25, 0.3) is 0 Å². The van der Waals surface area contributed by atoms with Gasteiger partial charge in [-0.15, -0.1) is 0 Å². The number of carbonyl (C=O) groups is 1. The van der Waals surface area contributed by atoms with Crippen LogP contribution in [0.4, 0.5) is 0 Å². The van der Waals surface area contributed by atoms with Crippen molar-refractivity contribution in [1.29, 1.82) is 0 Å². The van der Waals surface area contributed by atoms with Crippen LogP contribution in [0.3, 0.4) is 0 Å². The molecule has 2 saturated carbocycles. The smallest absolute Gasteiger partial charge is 0.335 e. The summed E-state index contributed by atoms with van der Waals surface area (Å²) in [5.41, 5.74) is 2.96. The van der Waals surface area contributed by atoms with Gasteiger partial charge in [0.1, 0.15) is 0 Å². The zero-order chi connectivity index (χ0) is 19.7. The predicted molar refractivity (Wildman–Crippen MR) is 106 cm³/mol. The Labute approximate surface area is 164 Å². The quantitative estimate of drug-likeness (QED) is 0.752. The minimum Gasteiger partial charge on any atom is -0.431 e. The van der Waals surface area contributed by atoms with Crippen molar-refractivity contribution in [2.24, 2.45) is 22.7 Å². The van der Waals surface area contributed by atoms with Crippen LogP contribution >= 0.6 is 0 Å². The van der Waals surface area contributed by atoms with Crippen LogP contribution in [-0.2, 0) is 4.79 Å². The Morgan fingerprint density at radius 3 is 2.75 bits per heavy atom. The first-order valence-electron chi connectivity index (χ1n) is 10.3. The number of hydrogen-bond acceptors (Lipinski definition) is 4. The highest BCUT2D eigenvalue weighted by Crippen LogP contribution is 2.65. The molecule has 4 nitrogen and oxygen atoms in total. The molecule has 0 radical (unpaired) electrons. The van der Waals surface area contributed by atoms with E-state index in [-0.39, 0.29) is 28.2 Å². The number of rotatable bonds is 1.